The average molecular weight is 427 g/mol. The molecule has 0 aromatic heterocycles. The highest BCUT2D eigenvalue weighted by Gasteiger charge is 2.33. The number of unbranched alkanes of at least 4 members (excludes halogenated alkanes) is 18. The average Bonchev–Trinajstić information content (AvgIpc) is 2.73. The van der Waals surface area contributed by atoms with Crippen molar-refractivity contribution in [1.29, 1.82) is 0 Å². The van der Waals surface area contributed by atoms with Gasteiger partial charge in [-0.15, -0.1) is 0 Å². The van der Waals surface area contributed by atoms with Crippen LogP contribution in [0.25, 0.3) is 0 Å². The van der Waals surface area contributed by atoms with Crippen LogP contribution in [-0.2, 0) is 9.53 Å². The Bertz CT molecular complexity index is 369. The first-order chi connectivity index (χ1) is 14.6. The molecule has 0 saturated carbocycles. The third-order valence-electron chi connectivity index (χ3n) is 6.38. The molecule has 0 bridgehead atoms. The summed E-state index contributed by atoms with van der Waals surface area (Å²) in [6, 6.07) is 0. The highest BCUT2D eigenvalue weighted by Crippen LogP contribution is 2.22. The lowest BCUT2D eigenvalue weighted by molar-refractivity contribution is -0.165. The zero-order valence-corrected chi connectivity index (χ0v) is 20.8. The fourth-order valence-corrected chi connectivity index (χ4v) is 4.08. The SMILES string of the molecule is CCCCCCCCCCCCOC(C)(CCCCCCCCCCCC)C(=O)O. The van der Waals surface area contributed by atoms with Crippen LogP contribution in [0.15, 0.2) is 0 Å². The fourth-order valence-electron chi connectivity index (χ4n) is 4.08. The number of carboxylic acids is 1. The maximum absolute atomic E-state index is 11.7. The molecule has 1 N–H and O–H groups in total. The molecule has 0 aliphatic heterocycles. The van der Waals surface area contributed by atoms with Gasteiger partial charge in [-0.1, -0.05) is 129 Å². The van der Waals surface area contributed by atoms with E-state index in [-0.39, 0.29) is 0 Å². The monoisotopic (exact) mass is 426 g/mol. The molecule has 180 valence electrons. The van der Waals surface area contributed by atoms with Crippen LogP contribution in [0.2, 0.25) is 0 Å². The van der Waals surface area contributed by atoms with Crippen LogP contribution in [0.5, 0.6) is 0 Å². The second kappa shape index (κ2) is 21.7. The molecule has 0 heterocycles. The van der Waals surface area contributed by atoms with E-state index in [0.29, 0.717) is 13.0 Å². The summed E-state index contributed by atoms with van der Waals surface area (Å²) >= 11 is 0. The third kappa shape index (κ3) is 18.2. The summed E-state index contributed by atoms with van der Waals surface area (Å²) in [4.78, 5) is 11.7. The normalized spacial score (nSPS) is 13.4. The summed E-state index contributed by atoms with van der Waals surface area (Å²) in [7, 11) is 0. The maximum Gasteiger partial charge on any atom is 0.335 e. The van der Waals surface area contributed by atoms with Crippen LogP contribution in [0.4, 0.5) is 0 Å². The third-order valence-corrected chi connectivity index (χ3v) is 6.38. The van der Waals surface area contributed by atoms with E-state index in [1.54, 1.807) is 6.92 Å². The zero-order chi connectivity index (χ0) is 22.3. The second-order valence-corrected chi connectivity index (χ2v) is 9.50. The summed E-state index contributed by atoms with van der Waals surface area (Å²) in [6.45, 7) is 6.86. The number of hydrogen-bond donors (Lipinski definition) is 1. The van der Waals surface area contributed by atoms with Gasteiger partial charge >= 0.3 is 5.97 Å². The largest absolute Gasteiger partial charge is 0.479 e. The number of ether oxygens (including phenoxy) is 1. The van der Waals surface area contributed by atoms with Crippen LogP contribution in [0, 0.1) is 0 Å². The molecule has 0 radical (unpaired) electrons. The molecule has 3 heteroatoms. The molecule has 0 aromatic carbocycles. The highest BCUT2D eigenvalue weighted by molar-refractivity contribution is 5.76. The summed E-state index contributed by atoms with van der Waals surface area (Å²) in [5.74, 6) is -0.800. The van der Waals surface area contributed by atoms with Gasteiger partial charge in [0.1, 0.15) is 0 Å². The van der Waals surface area contributed by atoms with Crippen molar-refractivity contribution in [1.82, 2.24) is 0 Å². The Morgan fingerprint density at radius 2 is 0.933 bits per heavy atom. The lowest BCUT2D eigenvalue weighted by Crippen LogP contribution is -2.38. The fraction of sp³-hybridized carbons (Fsp3) is 0.963. The summed E-state index contributed by atoms with van der Waals surface area (Å²) in [5, 5.41) is 9.61. The topological polar surface area (TPSA) is 46.5 Å². The van der Waals surface area contributed by atoms with Crippen molar-refractivity contribution >= 4 is 5.97 Å². The summed E-state index contributed by atoms with van der Waals surface area (Å²) < 4.78 is 5.85. The van der Waals surface area contributed by atoms with E-state index in [2.05, 4.69) is 13.8 Å². The Morgan fingerprint density at radius 3 is 1.30 bits per heavy atom. The van der Waals surface area contributed by atoms with Gasteiger partial charge in [-0.25, -0.2) is 4.79 Å². The van der Waals surface area contributed by atoms with Crippen molar-refractivity contribution in [2.75, 3.05) is 6.61 Å². The predicted molar refractivity (Wildman–Crippen MR) is 130 cm³/mol. The van der Waals surface area contributed by atoms with E-state index in [1.165, 1.54) is 103 Å². The molecule has 0 rings (SSSR count). The Kier molecular flexibility index (Phi) is 21.2. The van der Waals surface area contributed by atoms with Gasteiger partial charge < -0.3 is 9.84 Å². The molecule has 30 heavy (non-hydrogen) atoms. The zero-order valence-electron chi connectivity index (χ0n) is 20.8. The lowest BCUT2D eigenvalue weighted by Gasteiger charge is -2.25. The van der Waals surface area contributed by atoms with Crippen LogP contribution in [-0.4, -0.2) is 23.3 Å². The van der Waals surface area contributed by atoms with E-state index >= 15 is 0 Å². The van der Waals surface area contributed by atoms with Crippen molar-refractivity contribution in [3.05, 3.63) is 0 Å². The standard InChI is InChI=1S/C27H54O3/c1-4-6-8-10-12-14-16-18-20-22-24-27(3,26(28)29)30-25-23-21-19-17-15-13-11-9-7-5-2/h4-25H2,1-3H3,(H,28,29). The molecule has 1 atom stereocenters. The molecular formula is C27H54O3. The van der Waals surface area contributed by atoms with Gasteiger partial charge in [0.25, 0.3) is 0 Å². The number of carboxylic acid groups (broad SMARTS) is 1. The van der Waals surface area contributed by atoms with Crippen LogP contribution in [0.1, 0.15) is 156 Å². The van der Waals surface area contributed by atoms with Gasteiger partial charge in [0.2, 0.25) is 0 Å². The number of hydrogen-bond acceptors (Lipinski definition) is 2. The highest BCUT2D eigenvalue weighted by atomic mass is 16.5. The first kappa shape index (κ1) is 29.4. The van der Waals surface area contributed by atoms with E-state index in [9.17, 15) is 9.90 Å². The molecule has 0 spiro atoms. The van der Waals surface area contributed by atoms with Crippen molar-refractivity contribution in [3.8, 4) is 0 Å². The molecule has 0 saturated heterocycles. The number of rotatable bonds is 24. The van der Waals surface area contributed by atoms with Crippen molar-refractivity contribution in [3.63, 3.8) is 0 Å². The van der Waals surface area contributed by atoms with Crippen LogP contribution in [0.3, 0.4) is 0 Å². The van der Waals surface area contributed by atoms with Gasteiger partial charge in [0.15, 0.2) is 5.60 Å². The van der Waals surface area contributed by atoms with E-state index in [1.807, 2.05) is 0 Å². The maximum atomic E-state index is 11.7. The first-order valence-corrected chi connectivity index (χ1v) is 13.4. The molecule has 3 nitrogen and oxygen atoms in total. The quantitative estimate of drug-likeness (QED) is 0.156. The predicted octanol–water partition coefficient (Wildman–Crippen LogP) is 9.08. The number of carbonyl (C=O) groups is 1. The lowest BCUT2D eigenvalue weighted by atomic mass is 9.97. The molecule has 0 aliphatic rings. The minimum Gasteiger partial charge on any atom is -0.479 e. The molecular weight excluding hydrogens is 372 g/mol. The van der Waals surface area contributed by atoms with Crippen LogP contribution >= 0.6 is 0 Å². The van der Waals surface area contributed by atoms with Gasteiger partial charge in [-0.3, -0.25) is 0 Å². The first-order valence-electron chi connectivity index (χ1n) is 13.4. The van der Waals surface area contributed by atoms with E-state index in [0.717, 1.165) is 25.7 Å². The van der Waals surface area contributed by atoms with E-state index in [4.69, 9.17) is 4.74 Å². The van der Waals surface area contributed by atoms with Crippen molar-refractivity contribution in [2.45, 2.75) is 161 Å². The summed E-state index contributed by atoms with van der Waals surface area (Å²) in [5.41, 5.74) is -1.00. The molecule has 0 aliphatic carbocycles. The Morgan fingerprint density at radius 1 is 0.600 bits per heavy atom. The Labute approximate surface area is 188 Å². The Hall–Kier alpha value is -0.570. The van der Waals surface area contributed by atoms with Gasteiger partial charge in [0.05, 0.1) is 0 Å². The Balaban J connectivity index is 3.63. The minimum absolute atomic E-state index is 0.580. The summed E-state index contributed by atoms with van der Waals surface area (Å²) in [6.07, 6.45) is 26.2. The van der Waals surface area contributed by atoms with Gasteiger partial charge in [0, 0.05) is 6.61 Å². The van der Waals surface area contributed by atoms with Crippen LogP contribution < -0.4 is 0 Å². The van der Waals surface area contributed by atoms with Crippen molar-refractivity contribution in [2.24, 2.45) is 0 Å². The smallest absolute Gasteiger partial charge is 0.335 e. The number of aliphatic carboxylic acids is 1. The molecule has 0 amide bonds. The van der Waals surface area contributed by atoms with Crippen molar-refractivity contribution < 1.29 is 14.6 Å². The molecule has 0 aromatic rings. The molecule has 0 fully saturated rings. The minimum atomic E-state index is -1.00. The molecule has 1 unspecified atom stereocenters. The van der Waals surface area contributed by atoms with E-state index < -0.39 is 11.6 Å². The van der Waals surface area contributed by atoms with Gasteiger partial charge in [-0.2, -0.15) is 0 Å². The second-order valence-electron chi connectivity index (χ2n) is 9.50. The van der Waals surface area contributed by atoms with Gasteiger partial charge in [-0.05, 0) is 26.2 Å².